The summed E-state index contributed by atoms with van der Waals surface area (Å²) in [6.07, 6.45) is 13.0. The van der Waals surface area contributed by atoms with Crippen molar-refractivity contribution >= 4 is 17.0 Å². The van der Waals surface area contributed by atoms with E-state index in [4.69, 9.17) is 9.97 Å². The number of benzene rings is 1. The molecule has 0 amide bonds. The molecule has 8 rings (SSSR count). The topological polar surface area (TPSA) is 106 Å². The quantitative estimate of drug-likeness (QED) is 0.320. The van der Waals surface area contributed by atoms with Gasteiger partial charge in [-0.3, -0.25) is 0 Å². The molecule has 1 spiro atoms. The number of fused-ring (bicyclic) bond motifs is 3. The van der Waals surface area contributed by atoms with E-state index in [1.165, 1.54) is 81.5 Å². The van der Waals surface area contributed by atoms with Crippen LogP contribution in [0.15, 0.2) is 42.7 Å². The van der Waals surface area contributed by atoms with Crippen LogP contribution in [0.1, 0.15) is 74.2 Å². The average molecular weight is 565 g/mol. The molecular formula is C33H40N8O. The highest BCUT2D eigenvalue weighted by Gasteiger charge is 2.47. The molecule has 3 N–H and O–H groups in total. The smallest absolute Gasteiger partial charge is 0.225 e. The van der Waals surface area contributed by atoms with Crippen LogP contribution in [0, 0.1) is 5.41 Å². The third-order valence-electron chi connectivity index (χ3n) is 10.8. The Morgan fingerprint density at radius 2 is 1.74 bits per heavy atom. The first kappa shape index (κ1) is 26.1. The van der Waals surface area contributed by atoms with Crippen LogP contribution >= 0.6 is 0 Å². The maximum Gasteiger partial charge on any atom is 0.225 e. The molecule has 1 aliphatic carbocycles. The molecule has 4 aliphatic rings. The number of piperidine rings is 2. The summed E-state index contributed by atoms with van der Waals surface area (Å²) in [4.78, 5) is 18.4. The van der Waals surface area contributed by atoms with Crippen LogP contribution < -0.4 is 10.2 Å². The number of hydrogen-bond acceptors (Lipinski definition) is 8. The van der Waals surface area contributed by atoms with Gasteiger partial charge in [-0.25, -0.2) is 9.97 Å². The summed E-state index contributed by atoms with van der Waals surface area (Å²) in [5, 5.41) is 23.8. The van der Waals surface area contributed by atoms with Gasteiger partial charge in [0.05, 0.1) is 11.7 Å². The van der Waals surface area contributed by atoms with E-state index in [0.29, 0.717) is 22.6 Å². The van der Waals surface area contributed by atoms with Gasteiger partial charge in [0.1, 0.15) is 5.75 Å². The summed E-state index contributed by atoms with van der Waals surface area (Å²) in [5.74, 6) is 1.54. The fourth-order valence-electron chi connectivity index (χ4n) is 8.27. The predicted octanol–water partition coefficient (Wildman–Crippen LogP) is 4.96. The molecular weight excluding hydrogens is 524 g/mol. The Labute approximate surface area is 246 Å². The Hall–Kier alpha value is -3.56. The van der Waals surface area contributed by atoms with Crippen LogP contribution in [-0.4, -0.2) is 73.9 Å². The van der Waals surface area contributed by atoms with E-state index >= 15 is 0 Å². The number of nitrogens with zero attached hydrogens (tertiary/aromatic N) is 6. The molecule has 42 heavy (non-hydrogen) atoms. The van der Waals surface area contributed by atoms with Crippen LogP contribution in [0.5, 0.6) is 5.75 Å². The zero-order valence-electron chi connectivity index (χ0n) is 24.4. The van der Waals surface area contributed by atoms with E-state index in [9.17, 15) is 5.11 Å². The second kappa shape index (κ2) is 10.3. The second-order valence-corrected chi connectivity index (χ2v) is 13.1. The van der Waals surface area contributed by atoms with Crippen molar-refractivity contribution in [2.45, 2.75) is 69.9 Å². The zero-order chi connectivity index (χ0) is 28.3. The first-order chi connectivity index (χ1) is 20.6. The standard InChI is InChI=1S/C33H40N8O/c1-21-30-26-16-28(25-4-2-3-5-29(25)42)38-39-31(26)37-27(30)8-15-41(21)32-35-19-23(20-36-32)22-6-13-40(14-7-22)24-17-33(18-24)9-11-34-12-10-33/h2-5,16,19-22,24,34,42H,6-15,17-18H2,1H3,(H,37,39)/t21-/m0/s1. The number of nitrogens with one attached hydrogen (secondary N) is 2. The molecule has 3 aliphatic heterocycles. The average Bonchev–Trinajstić information content (AvgIpc) is 3.40. The van der Waals surface area contributed by atoms with E-state index < -0.39 is 0 Å². The molecule has 9 heteroatoms. The lowest BCUT2D eigenvalue weighted by Gasteiger charge is -2.55. The lowest BCUT2D eigenvalue weighted by Crippen LogP contribution is -2.55. The molecule has 3 fully saturated rings. The van der Waals surface area contributed by atoms with Crippen LogP contribution in [0.4, 0.5) is 5.95 Å². The number of aromatic amines is 1. The number of likely N-dealkylation sites (tertiary alicyclic amines) is 1. The van der Waals surface area contributed by atoms with Gasteiger partial charge < -0.3 is 25.2 Å². The molecule has 0 bridgehead atoms. The van der Waals surface area contributed by atoms with Crippen molar-refractivity contribution in [3.8, 4) is 17.0 Å². The zero-order valence-corrected chi connectivity index (χ0v) is 24.4. The predicted molar refractivity (Wildman–Crippen MR) is 164 cm³/mol. The maximum absolute atomic E-state index is 10.4. The molecule has 9 nitrogen and oxygen atoms in total. The third kappa shape index (κ3) is 4.45. The Balaban J connectivity index is 0.952. The number of aromatic nitrogens is 5. The van der Waals surface area contributed by atoms with E-state index in [2.05, 4.69) is 49.6 Å². The van der Waals surface area contributed by atoms with Gasteiger partial charge in [-0.15, -0.1) is 10.2 Å². The van der Waals surface area contributed by atoms with Gasteiger partial charge in [0, 0.05) is 53.6 Å². The van der Waals surface area contributed by atoms with Crippen LogP contribution in [0.25, 0.3) is 22.3 Å². The Bertz CT molecular complexity index is 1580. The number of phenolic OH excluding ortho intramolecular Hbond substituents is 1. The lowest BCUT2D eigenvalue weighted by molar-refractivity contribution is -0.0292. The van der Waals surface area contributed by atoms with Crippen molar-refractivity contribution in [1.29, 1.82) is 0 Å². The molecule has 0 radical (unpaired) electrons. The van der Waals surface area contributed by atoms with Gasteiger partial charge in [-0.2, -0.15) is 0 Å². The fraction of sp³-hybridized carbons (Fsp3) is 0.515. The first-order valence-electron chi connectivity index (χ1n) is 15.8. The SMILES string of the molecule is C[C@H]1c2c([nH]c3nnc(-c4ccccc4O)cc23)CCN1c1ncc(C2CCN(C3CC4(CCNCC4)C3)CC2)cn1. The van der Waals surface area contributed by atoms with E-state index in [-0.39, 0.29) is 11.8 Å². The normalized spacial score (nSPS) is 23.3. The number of H-pyrrole nitrogens is 1. The second-order valence-electron chi connectivity index (χ2n) is 13.1. The number of hydrogen-bond donors (Lipinski definition) is 3. The lowest BCUT2D eigenvalue weighted by atomic mass is 9.60. The Morgan fingerprint density at radius 1 is 0.976 bits per heavy atom. The summed E-state index contributed by atoms with van der Waals surface area (Å²) < 4.78 is 0. The van der Waals surface area contributed by atoms with Crippen molar-refractivity contribution in [3.05, 3.63) is 59.5 Å². The number of rotatable bonds is 4. The summed E-state index contributed by atoms with van der Waals surface area (Å²) in [6.45, 7) is 7.87. The Morgan fingerprint density at radius 3 is 2.50 bits per heavy atom. The van der Waals surface area contributed by atoms with Crippen LogP contribution in [0.2, 0.25) is 0 Å². The van der Waals surface area contributed by atoms with Crippen molar-refractivity contribution in [3.63, 3.8) is 0 Å². The molecule has 0 unspecified atom stereocenters. The summed E-state index contributed by atoms with van der Waals surface area (Å²) >= 11 is 0. The molecule has 218 valence electrons. The summed E-state index contributed by atoms with van der Waals surface area (Å²) in [5.41, 5.74) is 6.47. The molecule has 2 saturated heterocycles. The van der Waals surface area contributed by atoms with Gasteiger partial charge in [0.15, 0.2) is 5.65 Å². The van der Waals surface area contributed by atoms with E-state index in [1.807, 2.05) is 24.3 Å². The molecule has 1 aromatic carbocycles. The highest BCUT2D eigenvalue weighted by atomic mass is 16.3. The van der Waals surface area contributed by atoms with Crippen molar-refractivity contribution in [2.75, 3.05) is 37.6 Å². The molecule has 3 aromatic heterocycles. The Kier molecular flexibility index (Phi) is 6.41. The third-order valence-corrected chi connectivity index (χ3v) is 10.8. The first-order valence-corrected chi connectivity index (χ1v) is 15.8. The highest BCUT2D eigenvalue weighted by Crippen LogP contribution is 2.50. The fourth-order valence-corrected chi connectivity index (χ4v) is 8.27. The van der Waals surface area contributed by atoms with Crippen molar-refractivity contribution < 1.29 is 5.11 Å². The number of phenols is 1. The minimum Gasteiger partial charge on any atom is -0.507 e. The van der Waals surface area contributed by atoms with Gasteiger partial charge in [0.25, 0.3) is 0 Å². The van der Waals surface area contributed by atoms with Gasteiger partial charge in [-0.1, -0.05) is 12.1 Å². The van der Waals surface area contributed by atoms with E-state index in [0.717, 1.165) is 36.0 Å². The van der Waals surface area contributed by atoms with Gasteiger partial charge in [0.2, 0.25) is 5.95 Å². The molecule has 6 heterocycles. The van der Waals surface area contributed by atoms with Crippen molar-refractivity contribution in [2.24, 2.45) is 5.41 Å². The number of anilines is 1. The summed E-state index contributed by atoms with van der Waals surface area (Å²) in [7, 11) is 0. The minimum atomic E-state index is 0.0868. The van der Waals surface area contributed by atoms with E-state index in [1.54, 1.807) is 6.07 Å². The molecule has 4 aromatic rings. The van der Waals surface area contributed by atoms with Crippen LogP contribution in [-0.2, 0) is 6.42 Å². The van der Waals surface area contributed by atoms with Crippen molar-refractivity contribution in [1.82, 2.24) is 35.4 Å². The molecule has 1 saturated carbocycles. The molecule has 1 atom stereocenters. The number of para-hydroxylation sites is 1. The number of aromatic hydroxyl groups is 1. The van der Waals surface area contributed by atoms with Crippen LogP contribution in [0.3, 0.4) is 0 Å². The van der Waals surface area contributed by atoms with Gasteiger partial charge >= 0.3 is 0 Å². The van der Waals surface area contributed by atoms with Gasteiger partial charge in [-0.05, 0) is 107 Å². The monoisotopic (exact) mass is 564 g/mol. The maximum atomic E-state index is 10.4. The summed E-state index contributed by atoms with van der Waals surface area (Å²) in [6, 6.07) is 10.2. The highest BCUT2D eigenvalue weighted by molar-refractivity contribution is 5.86. The minimum absolute atomic E-state index is 0.0868. The largest absolute Gasteiger partial charge is 0.507 e.